The molecule has 0 radical (unpaired) electrons. The maximum absolute atomic E-state index is 9.69. The Balaban J connectivity index is 0.000000297. The first kappa shape index (κ1) is 12.8. The molecule has 0 bridgehead atoms. The second-order valence-corrected chi connectivity index (χ2v) is 4.04. The van der Waals surface area contributed by atoms with Crippen LogP contribution in [0, 0.1) is 0 Å². The number of aromatic hydroxyl groups is 1. The number of pyridine rings is 1. The minimum Gasteiger partial charge on any atom is -0.507 e. The average molecular weight is 255 g/mol. The Bertz CT molecular complexity index is 734. The van der Waals surface area contributed by atoms with E-state index in [0.717, 1.165) is 28.7 Å². The number of hydrogen-bond donors (Lipinski definition) is 2. The predicted octanol–water partition coefficient (Wildman–Crippen LogP) is 3.18. The third kappa shape index (κ3) is 2.98. The Hall–Kier alpha value is -2.62. The van der Waals surface area contributed by atoms with Crippen molar-refractivity contribution in [2.24, 2.45) is 0 Å². The molecule has 3 rings (SSSR count). The number of phenols is 1. The highest BCUT2D eigenvalue weighted by Crippen LogP contribution is 2.26. The Morgan fingerprint density at radius 2 is 1.68 bits per heavy atom. The molecule has 1 aromatic heterocycles. The van der Waals surface area contributed by atoms with Crippen molar-refractivity contribution < 1.29 is 15.0 Å². The second kappa shape index (κ2) is 5.35. The highest BCUT2D eigenvalue weighted by molar-refractivity contribution is 5.95. The van der Waals surface area contributed by atoms with Gasteiger partial charge in [-0.15, -0.1) is 0 Å². The normalized spacial score (nSPS) is 9.95. The standard InChI is InChI=1S/C13H9NO.C2H4O2/c15-13-7-3-6-12-10(13)8-9-4-1-2-5-11(9)14-12;1-2(3)4/h1-8,15H;1H3,(H,3,4). The van der Waals surface area contributed by atoms with Crippen LogP contribution in [0.1, 0.15) is 6.92 Å². The number of fused-ring (bicyclic) bond motifs is 2. The molecule has 0 saturated heterocycles. The van der Waals surface area contributed by atoms with Crippen LogP contribution in [-0.2, 0) is 4.79 Å². The highest BCUT2D eigenvalue weighted by atomic mass is 16.4. The van der Waals surface area contributed by atoms with Crippen LogP contribution in [-0.4, -0.2) is 21.2 Å². The van der Waals surface area contributed by atoms with E-state index < -0.39 is 5.97 Å². The van der Waals surface area contributed by atoms with Gasteiger partial charge in [-0.25, -0.2) is 4.98 Å². The number of carbonyl (C=O) groups is 1. The van der Waals surface area contributed by atoms with Crippen LogP contribution in [0.25, 0.3) is 21.8 Å². The number of benzene rings is 2. The van der Waals surface area contributed by atoms with Gasteiger partial charge in [0.05, 0.1) is 11.0 Å². The minimum atomic E-state index is -0.833. The quantitative estimate of drug-likeness (QED) is 0.605. The predicted molar refractivity (Wildman–Crippen MR) is 74.2 cm³/mol. The molecule has 4 heteroatoms. The van der Waals surface area contributed by atoms with Gasteiger partial charge in [-0.05, 0) is 24.3 Å². The van der Waals surface area contributed by atoms with E-state index >= 15 is 0 Å². The van der Waals surface area contributed by atoms with Crippen LogP contribution in [0.2, 0.25) is 0 Å². The molecule has 0 saturated carbocycles. The van der Waals surface area contributed by atoms with E-state index in [9.17, 15) is 5.11 Å². The third-order valence-corrected chi connectivity index (χ3v) is 2.54. The zero-order valence-corrected chi connectivity index (χ0v) is 10.4. The second-order valence-electron chi connectivity index (χ2n) is 4.04. The fourth-order valence-electron chi connectivity index (χ4n) is 1.78. The minimum absolute atomic E-state index is 0.283. The summed E-state index contributed by atoms with van der Waals surface area (Å²) in [4.78, 5) is 13.5. The van der Waals surface area contributed by atoms with Gasteiger partial charge in [0.15, 0.2) is 0 Å². The summed E-state index contributed by atoms with van der Waals surface area (Å²) >= 11 is 0. The van der Waals surface area contributed by atoms with Gasteiger partial charge in [0.25, 0.3) is 5.97 Å². The number of rotatable bonds is 0. The Morgan fingerprint density at radius 1 is 1.05 bits per heavy atom. The lowest BCUT2D eigenvalue weighted by molar-refractivity contribution is -0.134. The summed E-state index contributed by atoms with van der Waals surface area (Å²) in [5.74, 6) is -0.550. The molecule has 2 aromatic carbocycles. The van der Waals surface area contributed by atoms with Crippen LogP contribution in [0.4, 0.5) is 0 Å². The first-order valence-corrected chi connectivity index (χ1v) is 5.75. The largest absolute Gasteiger partial charge is 0.507 e. The molecule has 0 unspecified atom stereocenters. The molecule has 0 aliphatic rings. The van der Waals surface area contributed by atoms with E-state index in [0.29, 0.717) is 0 Å². The SMILES string of the molecule is CC(=O)O.Oc1cccc2nc3ccccc3cc12. The van der Waals surface area contributed by atoms with Gasteiger partial charge in [-0.3, -0.25) is 4.79 Å². The van der Waals surface area contributed by atoms with Crippen molar-refractivity contribution >= 4 is 27.8 Å². The summed E-state index contributed by atoms with van der Waals surface area (Å²) in [5, 5.41) is 19.0. The van der Waals surface area contributed by atoms with Gasteiger partial charge in [-0.2, -0.15) is 0 Å². The summed E-state index contributed by atoms with van der Waals surface area (Å²) in [7, 11) is 0. The van der Waals surface area contributed by atoms with Crippen molar-refractivity contribution in [3.05, 3.63) is 48.5 Å². The lowest BCUT2D eigenvalue weighted by Gasteiger charge is -2.02. The summed E-state index contributed by atoms with van der Waals surface area (Å²) in [5.41, 5.74) is 1.78. The van der Waals surface area contributed by atoms with Gasteiger partial charge in [-0.1, -0.05) is 24.3 Å². The van der Waals surface area contributed by atoms with E-state index in [4.69, 9.17) is 9.90 Å². The fourth-order valence-corrected chi connectivity index (χ4v) is 1.78. The molecule has 0 aliphatic heterocycles. The van der Waals surface area contributed by atoms with E-state index in [1.165, 1.54) is 0 Å². The maximum atomic E-state index is 9.69. The maximum Gasteiger partial charge on any atom is 0.300 e. The topological polar surface area (TPSA) is 70.4 Å². The van der Waals surface area contributed by atoms with Crippen molar-refractivity contribution in [3.8, 4) is 5.75 Å². The molecular formula is C15H13NO3. The van der Waals surface area contributed by atoms with Gasteiger partial charge in [0.1, 0.15) is 5.75 Å². The molecule has 3 aromatic rings. The molecule has 96 valence electrons. The molecule has 4 nitrogen and oxygen atoms in total. The molecule has 0 aliphatic carbocycles. The summed E-state index contributed by atoms with van der Waals surface area (Å²) in [6.45, 7) is 1.08. The Kier molecular flexibility index (Phi) is 3.61. The Labute approximate surface area is 110 Å². The molecule has 1 heterocycles. The average Bonchev–Trinajstić information content (AvgIpc) is 2.37. The molecular weight excluding hydrogens is 242 g/mol. The highest BCUT2D eigenvalue weighted by Gasteiger charge is 2.01. The Morgan fingerprint density at radius 3 is 2.42 bits per heavy atom. The first-order chi connectivity index (χ1) is 9.08. The lowest BCUT2D eigenvalue weighted by Crippen LogP contribution is -1.81. The number of aliphatic carboxylic acids is 1. The van der Waals surface area contributed by atoms with Crippen molar-refractivity contribution in [2.45, 2.75) is 6.92 Å². The van der Waals surface area contributed by atoms with Crippen LogP contribution in [0.3, 0.4) is 0 Å². The third-order valence-electron chi connectivity index (χ3n) is 2.54. The molecule has 0 fully saturated rings. The smallest absolute Gasteiger partial charge is 0.300 e. The van der Waals surface area contributed by atoms with Crippen molar-refractivity contribution in [1.82, 2.24) is 4.98 Å². The van der Waals surface area contributed by atoms with Crippen LogP contribution >= 0.6 is 0 Å². The number of aromatic nitrogens is 1. The van der Waals surface area contributed by atoms with E-state index in [1.807, 2.05) is 36.4 Å². The fraction of sp³-hybridized carbons (Fsp3) is 0.0667. The van der Waals surface area contributed by atoms with Crippen molar-refractivity contribution in [2.75, 3.05) is 0 Å². The van der Waals surface area contributed by atoms with E-state index in [1.54, 1.807) is 12.1 Å². The number of carboxylic acids is 1. The molecule has 0 spiro atoms. The zero-order valence-electron chi connectivity index (χ0n) is 10.4. The molecule has 0 amide bonds. The number of para-hydroxylation sites is 1. The monoisotopic (exact) mass is 255 g/mol. The lowest BCUT2D eigenvalue weighted by atomic mass is 10.1. The molecule has 2 N–H and O–H groups in total. The number of nitrogens with zero attached hydrogens (tertiary/aromatic N) is 1. The molecule has 0 atom stereocenters. The van der Waals surface area contributed by atoms with Gasteiger partial charge in [0, 0.05) is 17.7 Å². The number of hydrogen-bond acceptors (Lipinski definition) is 3. The van der Waals surface area contributed by atoms with Crippen LogP contribution in [0.15, 0.2) is 48.5 Å². The summed E-state index contributed by atoms with van der Waals surface area (Å²) in [6, 6.07) is 15.2. The van der Waals surface area contributed by atoms with Crippen molar-refractivity contribution in [1.29, 1.82) is 0 Å². The number of carboxylic acid groups (broad SMARTS) is 1. The van der Waals surface area contributed by atoms with Gasteiger partial charge in [0.2, 0.25) is 0 Å². The molecule has 19 heavy (non-hydrogen) atoms. The van der Waals surface area contributed by atoms with Gasteiger partial charge < -0.3 is 10.2 Å². The van der Waals surface area contributed by atoms with E-state index in [2.05, 4.69) is 4.98 Å². The summed E-state index contributed by atoms with van der Waals surface area (Å²) in [6.07, 6.45) is 0. The van der Waals surface area contributed by atoms with Crippen LogP contribution in [0.5, 0.6) is 5.75 Å². The van der Waals surface area contributed by atoms with Gasteiger partial charge >= 0.3 is 0 Å². The number of phenolic OH excluding ortho intramolecular Hbond substituents is 1. The van der Waals surface area contributed by atoms with Crippen LogP contribution < -0.4 is 0 Å². The summed E-state index contributed by atoms with van der Waals surface area (Å²) < 4.78 is 0. The van der Waals surface area contributed by atoms with E-state index in [-0.39, 0.29) is 5.75 Å². The zero-order chi connectivity index (χ0) is 13.8. The van der Waals surface area contributed by atoms with Crippen molar-refractivity contribution in [3.63, 3.8) is 0 Å². The first-order valence-electron chi connectivity index (χ1n) is 5.75.